The average molecular weight is 436 g/mol. The van der Waals surface area contributed by atoms with E-state index in [1.54, 1.807) is 19.1 Å². The number of primary sulfonamides is 1. The molecule has 0 aliphatic heterocycles. The maximum Gasteiger partial charge on any atom is 0.238 e. The number of nitrogen functional groups attached to an aromatic ring is 1. The SMILES string of the molecule is Cc1c(Oc2ccc(Br)cc2Br)cc(N)cc1S(N)(=O)=O. The van der Waals surface area contributed by atoms with Crippen molar-refractivity contribution in [2.45, 2.75) is 11.8 Å². The quantitative estimate of drug-likeness (QED) is 0.720. The summed E-state index contributed by atoms with van der Waals surface area (Å²) in [5, 5.41) is 5.18. The summed E-state index contributed by atoms with van der Waals surface area (Å²) in [6, 6.07) is 8.24. The third-order valence-corrected chi connectivity index (χ3v) is 4.91. The second kappa shape index (κ2) is 5.96. The molecule has 0 bridgehead atoms. The first kappa shape index (κ1) is 16.3. The first-order chi connectivity index (χ1) is 9.68. The Bertz CT molecular complexity index is 807. The summed E-state index contributed by atoms with van der Waals surface area (Å²) in [5.74, 6) is 0.870. The Hall–Kier alpha value is -1.09. The van der Waals surface area contributed by atoms with E-state index in [1.165, 1.54) is 6.07 Å². The van der Waals surface area contributed by atoms with E-state index in [4.69, 9.17) is 15.6 Å². The van der Waals surface area contributed by atoms with Crippen molar-refractivity contribution < 1.29 is 13.2 Å². The lowest BCUT2D eigenvalue weighted by atomic mass is 10.2. The summed E-state index contributed by atoms with van der Waals surface area (Å²) in [4.78, 5) is -0.0502. The molecule has 0 aliphatic rings. The number of hydrogen-bond acceptors (Lipinski definition) is 4. The second-order valence-corrected chi connectivity index (χ2v) is 7.66. The Kier molecular flexibility index (Phi) is 4.62. The molecule has 2 aromatic rings. The fraction of sp³-hybridized carbons (Fsp3) is 0.0769. The molecule has 5 nitrogen and oxygen atoms in total. The molecule has 0 radical (unpaired) electrons. The first-order valence-corrected chi connectivity index (χ1v) is 8.87. The van der Waals surface area contributed by atoms with E-state index in [0.29, 0.717) is 17.1 Å². The zero-order valence-corrected chi connectivity index (χ0v) is 14.9. The number of sulfonamides is 1. The number of rotatable bonds is 3. The molecule has 0 saturated heterocycles. The van der Waals surface area contributed by atoms with Crippen LogP contribution in [0.2, 0.25) is 0 Å². The van der Waals surface area contributed by atoms with E-state index >= 15 is 0 Å². The molecule has 0 unspecified atom stereocenters. The molecule has 0 atom stereocenters. The minimum atomic E-state index is -3.87. The molecule has 0 fully saturated rings. The van der Waals surface area contributed by atoms with Gasteiger partial charge in [0.2, 0.25) is 10.0 Å². The van der Waals surface area contributed by atoms with Crippen LogP contribution in [-0.2, 0) is 10.0 Å². The molecular formula is C13H12Br2N2O3S. The van der Waals surface area contributed by atoms with Gasteiger partial charge in [-0.3, -0.25) is 0 Å². The predicted molar refractivity (Wildman–Crippen MR) is 88.9 cm³/mol. The summed E-state index contributed by atoms with van der Waals surface area (Å²) in [6.07, 6.45) is 0. The Morgan fingerprint density at radius 1 is 1.10 bits per heavy atom. The summed E-state index contributed by atoms with van der Waals surface area (Å²) < 4.78 is 30.5. The minimum Gasteiger partial charge on any atom is -0.456 e. The largest absolute Gasteiger partial charge is 0.456 e. The topological polar surface area (TPSA) is 95.4 Å². The number of nitrogens with two attached hydrogens (primary N) is 2. The van der Waals surface area contributed by atoms with Crippen molar-refractivity contribution in [3.8, 4) is 11.5 Å². The lowest BCUT2D eigenvalue weighted by Crippen LogP contribution is -2.14. The van der Waals surface area contributed by atoms with Crippen LogP contribution in [0.3, 0.4) is 0 Å². The highest BCUT2D eigenvalue weighted by Gasteiger charge is 2.17. The van der Waals surface area contributed by atoms with Gasteiger partial charge in [-0.15, -0.1) is 0 Å². The van der Waals surface area contributed by atoms with Crippen LogP contribution in [0.15, 0.2) is 44.2 Å². The summed E-state index contributed by atoms with van der Waals surface area (Å²) in [6.45, 7) is 1.61. The first-order valence-electron chi connectivity index (χ1n) is 5.74. The second-order valence-electron chi connectivity index (χ2n) is 4.36. The Morgan fingerprint density at radius 3 is 2.33 bits per heavy atom. The fourth-order valence-electron chi connectivity index (χ4n) is 1.76. The van der Waals surface area contributed by atoms with E-state index in [1.807, 2.05) is 12.1 Å². The Morgan fingerprint density at radius 2 is 1.76 bits per heavy atom. The van der Waals surface area contributed by atoms with Gasteiger partial charge in [0, 0.05) is 21.8 Å². The standard InChI is InChI=1S/C13H12Br2N2O3S/c1-7-12(5-9(16)6-13(7)21(17,18)19)20-11-3-2-8(14)4-10(11)15/h2-6H,16H2,1H3,(H2,17,18,19). The van der Waals surface area contributed by atoms with Crippen LogP contribution < -0.4 is 15.6 Å². The molecule has 0 aliphatic carbocycles. The molecule has 112 valence electrons. The zero-order chi connectivity index (χ0) is 15.8. The molecule has 21 heavy (non-hydrogen) atoms. The van der Waals surface area contributed by atoms with Gasteiger partial charge in [-0.2, -0.15) is 0 Å². The monoisotopic (exact) mass is 434 g/mol. The van der Waals surface area contributed by atoms with Crippen molar-refractivity contribution in [2.24, 2.45) is 5.14 Å². The van der Waals surface area contributed by atoms with Gasteiger partial charge in [-0.1, -0.05) is 15.9 Å². The van der Waals surface area contributed by atoms with Gasteiger partial charge in [-0.25, -0.2) is 13.6 Å². The minimum absolute atomic E-state index is 0.0502. The van der Waals surface area contributed by atoms with Gasteiger partial charge in [0.15, 0.2) is 0 Å². The molecule has 8 heteroatoms. The van der Waals surface area contributed by atoms with E-state index in [9.17, 15) is 8.42 Å². The van der Waals surface area contributed by atoms with E-state index in [0.717, 1.165) is 8.95 Å². The highest BCUT2D eigenvalue weighted by molar-refractivity contribution is 9.11. The van der Waals surface area contributed by atoms with Crippen LogP contribution in [0.1, 0.15) is 5.56 Å². The molecule has 0 aromatic heterocycles. The number of ether oxygens (including phenoxy) is 1. The van der Waals surface area contributed by atoms with Crippen molar-refractivity contribution in [3.05, 3.63) is 44.8 Å². The Labute approximate surface area is 139 Å². The van der Waals surface area contributed by atoms with Crippen LogP contribution >= 0.6 is 31.9 Å². The van der Waals surface area contributed by atoms with Gasteiger partial charge < -0.3 is 10.5 Å². The zero-order valence-electron chi connectivity index (χ0n) is 10.9. The van der Waals surface area contributed by atoms with Crippen LogP contribution in [0.4, 0.5) is 5.69 Å². The van der Waals surface area contributed by atoms with Gasteiger partial charge in [0.25, 0.3) is 0 Å². The van der Waals surface area contributed by atoms with Crippen molar-refractivity contribution in [3.63, 3.8) is 0 Å². The number of anilines is 1. The lowest BCUT2D eigenvalue weighted by Gasteiger charge is -2.14. The third-order valence-electron chi connectivity index (χ3n) is 2.76. The van der Waals surface area contributed by atoms with E-state index < -0.39 is 10.0 Å². The molecule has 2 rings (SSSR count). The highest BCUT2D eigenvalue weighted by Crippen LogP contribution is 2.36. The van der Waals surface area contributed by atoms with Crippen LogP contribution in [0.5, 0.6) is 11.5 Å². The highest BCUT2D eigenvalue weighted by atomic mass is 79.9. The third kappa shape index (κ3) is 3.76. The van der Waals surface area contributed by atoms with Crippen molar-refractivity contribution in [1.29, 1.82) is 0 Å². The summed E-state index contributed by atoms with van der Waals surface area (Å²) in [7, 11) is -3.87. The normalized spacial score (nSPS) is 11.4. The van der Waals surface area contributed by atoms with Gasteiger partial charge >= 0.3 is 0 Å². The summed E-state index contributed by atoms with van der Waals surface area (Å²) in [5.41, 5.74) is 6.38. The maximum absolute atomic E-state index is 11.6. The lowest BCUT2D eigenvalue weighted by molar-refractivity contribution is 0.473. The Balaban J connectivity index is 2.52. The van der Waals surface area contributed by atoms with Crippen molar-refractivity contribution >= 4 is 47.6 Å². The number of benzene rings is 2. The average Bonchev–Trinajstić information content (AvgIpc) is 2.35. The molecule has 0 amide bonds. The van der Waals surface area contributed by atoms with E-state index in [-0.39, 0.29) is 10.6 Å². The van der Waals surface area contributed by atoms with Gasteiger partial charge in [-0.05, 0) is 47.1 Å². The van der Waals surface area contributed by atoms with Crippen LogP contribution in [0.25, 0.3) is 0 Å². The van der Waals surface area contributed by atoms with Crippen LogP contribution in [0, 0.1) is 6.92 Å². The smallest absolute Gasteiger partial charge is 0.238 e. The molecule has 0 spiro atoms. The fourth-order valence-corrected chi connectivity index (χ4v) is 3.72. The van der Waals surface area contributed by atoms with Gasteiger partial charge in [0.1, 0.15) is 11.5 Å². The van der Waals surface area contributed by atoms with Crippen molar-refractivity contribution in [2.75, 3.05) is 5.73 Å². The van der Waals surface area contributed by atoms with Crippen molar-refractivity contribution in [1.82, 2.24) is 0 Å². The summed E-state index contributed by atoms with van der Waals surface area (Å²) >= 11 is 6.72. The predicted octanol–water partition coefficient (Wildman–Crippen LogP) is 3.54. The maximum atomic E-state index is 11.6. The molecule has 4 N–H and O–H groups in total. The van der Waals surface area contributed by atoms with Gasteiger partial charge in [0.05, 0.1) is 9.37 Å². The van der Waals surface area contributed by atoms with E-state index in [2.05, 4.69) is 31.9 Å². The molecule has 0 saturated carbocycles. The molecular weight excluding hydrogens is 424 g/mol. The molecule has 0 heterocycles. The molecule has 2 aromatic carbocycles. The number of halogens is 2. The number of hydrogen-bond donors (Lipinski definition) is 2. The van der Waals surface area contributed by atoms with Crippen LogP contribution in [-0.4, -0.2) is 8.42 Å².